The number of rotatable bonds is 2. The van der Waals surface area contributed by atoms with Crippen molar-refractivity contribution in [2.45, 2.75) is 37.7 Å². The fraction of sp³-hybridized carbons (Fsp3) is 0.778. The molecule has 0 bridgehead atoms. The lowest BCUT2D eigenvalue weighted by Crippen LogP contribution is -2.32. The zero-order valence-electron chi connectivity index (χ0n) is 8.21. The topological polar surface area (TPSA) is 51.1 Å². The first-order valence-electron chi connectivity index (χ1n) is 4.88. The van der Waals surface area contributed by atoms with E-state index in [1.54, 1.807) is 7.11 Å². The average Bonchev–Trinajstić information content (AvgIpc) is 2.66. The van der Waals surface area contributed by atoms with Crippen LogP contribution >= 0.6 is 12.2 Å². The molecule has 0 aromatic carbocycles. The van der Waals surface area contributed by atoms with Crippen molar-refractivity contribution < 1.29 is 9.26 Å². The molecule has 0 aliphatic heterocycles. The second kappa shape index (κ2) is 3.82. The lowest BCUT2D eigenvalue weighted by atomic mass is 9.84. The summed E-state index contributed by atoms with van der Waals surface area (Å²) in [5.41, 5.74) is -0.293. The third kappa shape index (κ3) is 1.62. The highest BCUT2D eigenvalue weighted by Crippen LogP contribution is 2.38. The van der Waals surface area contributed by atoms with E-state index in [2.05, 4.69) is 10.1 Å². The van der Waals surface area contributed by atoms with Crippen LogP contribution in [0.1, 0.15) is 37.9 Å². The van der Waals surface area contributed by atoms with Crippen LogP contribution in [0.25, 0.3) is 0 Å². The summed E-state index contributed by atoms with van der Waals surface area (Å²) in [4.78, 5) is 4.40. The van der Waals surface area contributed by atoms with Gasteiger partial charge in [0, 0.05) is 7.11 Å². The molecule has 1 saturated carbocycles. The van der Waals surface area contributed by atoms with Gasteiger partial charge >= 0.3 is 4.84 Å². The Balaban J connectivity index is 2.31. The van der Waals surface area contributed by atoms with Gasteiger partial charge in [0.2, 0.25) is 0 Å². The van der Waals surface area contributed by atoms with Crippen molar-refractivity contribution in [2.24, 2.45) is 0 Å². The van der Waals surface area contributed by atoms with Crippen molar-refractivity contribution in [2.75, 3.05) is 7.11 Å². The van der Waals surface area contributed by atoms with Crippen molar-refractivity contribution in [3.63, 3.8) is 0 Å². The molecule has 5 heteroatoms. The normalized spacial score (nSPS) is 20.9. The molecule has 2 rings (SSSR count). The van der Waals surface area contributed by atoms with Crippen molar-refractivity contribution in [1.29, 1.82) is 0 Å². The minimum atomic E-state index is -0.293. The first-order chi connectivity index (χ1) is 6.77. The molecule has 14 heavy (non-hydrogen) atoms. The first-order valence-corrected chi connectivity index (χ1v) is 5.29. The second-order valence-corrected chi connectivity index (χ2v) is 4.04. The molecule has 1 N–H and O–H groups in total. The zero-order chi connectivity index (χ0) is 10.0. The van der Waals surface area contributed by atoms with Gasteiger partial charge in [0.15, 0.2) is 5.82 Å². The Morgan fingerprint density at radius 1 is 1.43 bits per heavy atom. The molecular formula is C9H14N2O2S. The highest BCUT2D eigenvalue weighted by Gasteiger charge is 2.37. The monoisotopic (exact) mass is 214 g/mol. The highest BCUT2D eigenvalue weighted by molar-refractivity contribution is 7.71. The van der Waals surface area contributed by atoms with Gasteiger partial charge in [0.25, 0.3) is 0 Å². The Bertz CT molecular complexity index is 352. The summed E-state index contributed by atoms with van der Waals surface area (Å²) in [6.07, 6.45) is 5.58. The van der Waals surface area contributed by atoms with Crippen molar-refractivity contribution >= 4 is 12.2 Å². The molecule has 1 heterocycles. The smallest absolute Gasteiger partial charge is 0.314 e. The SMILES string of the molecule is COC1(c2nc(=S)o[nH]2)CCCCC1. The Morgan fingerprint density at radius 3 is 2.64 bits per heavy atom. The Kier molecular flexibility index (Phi) is 2.69. The lowest BCUT2D eigenvalue weighted by molar-refractivity contribution is -0.0527. The van der Waals surface area contributed by atoms with Gasteiger partial charge in [-0.05, 0) is 25.1 Å². The fourth-order valence-electron chi connectivity index (χ4n) is 2.08. The van der Waals surface area contributed by atoms with Gasteiger partial charge in [0.1, 0.15) is 5.60 Å². The fourth-order valence-corrected chi connectivity index (χ4v) is 2.22. The van der Waals surface area contributed by atoms with Crippen LogP contribution in [0.3, 0.4) is 0 Å². The molecule has 1 aromatic heterocycles. The van der Waals surface area contributed by atoms with Gasteiger partial charge < -0.3 is 9.26 Å². The molecule has 0 saturated heterocycles. The number of hydrogen-bond donors (Lipinski definition) is 1. The van der Waals surface area contributed by atoms with Crippen LogP contribution in [0.5, 0.6) is 0 Å². The average molecular weight is 214 g/mol. The van der Waals surface area contributed by atoms with Crippen molar-refractivity contribution in [3.05, 3.63) is 10.7 Å². The number of methoxy groups -OCH3 is 1. The predicted octanol–water partition coefficient (Wildman–Crippen LogP) is 2.54. The third-order valence-electron chi connectivity index (χ3n) is 2.92. The molecule has 0 unspecified atom stereocenters. The van der Waals surface area contributed by atoms with E-state index in [4.69, 9.17) is 21.5 Å². The van der Waals surface area contributed by atoms with Crippen LogP contribution in [-0.2, 0) is 10.3 Å². The second-order valence-electron chi connectivity index (χ2n) is 3.69. The van der Waals surface area contributed by atoms with Gasteiger partial charge in [0.05, 0.1) is 0 Å². The molecule has 0 spiro atoms. The largest absolute Gasteiger partial charge is 0.370 e. The molecule has 1 aliphatic rings. The van der Waals surface area contributed by atoms with Crippen LogP contribution in [0, 0.1) is 4.84 Å². The minimum absolute atomic E-state index is 0.252. The number of ether oxygens (including phenoxy) is 1. The molecule has 4 nitrogen and oxygen atoms in total. The summed E-state index contributed by atoms with van der Waals surface area (Å²) in [7, 11) is 1.72. The maximum absolute atomic E-state index is 5.58. The summed E-state index contributed by atoms with van der Waals surface area (Å²) >= 11 is 4.84. The van der Waals surface area contributed by atoms with E-state index in [1.807, 2.05) is 0 Å². The van der Waals surface area contributed by atoms with Crippen LogP contribution in [0.4, 0.5) is 0 Å². The summed E-state index contributed by atoms with van der Waals surface area (Å²) in [5.74, 6) is 0.740. The molecule has 1 aromatic rings. The maximum Gasteiger partial charge on any atom is 0.314 e. The third-order valence-corrected chi connectivity index (χ3v) is 3.10. The number of nitrogens with one attached hydrogen (secondary N) is 1. The Labute approximate surface area is 87.6 Å². The number of aromatic amines is 1. The molecule has 1 aliphatic carbocycles. The standard InChI is InChI=1S/C9H14N2O2S/c1-12-9(5-3-2-4-6-9)7-10-8(14)13-11-7/h2-6H2,1H3,(H,10,11,14). The van der Waals surface area contributed by atoms with E-state index < -0.39 is 0 Å². The quantitative estimate of drug-likeness (QED) is 0.769. The molecule has 0 amide bonds. The summed E-state index contributed by atoms with van der Waals surface area (Å²) in [6, 6.07) is 0. The molecular weight excluding hydrogens is 200 g/mol. The molecule has 78 valence electrons. The lowest BCUT2D eigenvalue weighted by Gasteiger charge is -2.33. The summed E-state index contributed by atoms with van der Waals surface area (Å²) < 4.78 is 10.5. The summed E-state index contributed by atoms with van der Waals surface area (Å²) in [6.45, 7) is 0. The number of hydrogen-bond acceptors (Lipinski definition) is 4. The number of nitrogens with zero attached hydrogens (tertiary/aromatic N) is 1. The zero-order valence-corrected chi connectivity index (χ0v) is 9.02. The van der Waals surface area contributed by atoms with Crippen molar-refractivity contribution in [3.8, 4) is 0 Å². The first kappa shape index (κ1) is 9.86. The van der Waals surface area contributed by atoms with Crippen LogP contribution < -0.4 is 0 Å². The van der Waals surface area contributed by atoms with E-state index in [9.17, 15) is 0 Å². The molecule has 0 atom stereocenters. The van der Waals surface area contributed by atoms with E-state index >= 15 is 0 Å². The van der Waals surface area contributed by atoms with Crippen LogP contribution in [-0.4, -0.2) is 17.3 Å². The van der Waals surface area contributed by atoms with E-state index in [0.29, 0.717) is 0 Å². The van der Waals surface area contributed by atoms with Crippen LogP contribution in [0.15, 0.2) is 4.52 Å². The van der Waals surface area contributed by atoms with Gasteiger partial charge in [-0.25, -0.2) is 5.16 Å². The number of aromatic nitrogens is 2. The Morgan fingerprint density at radius 2 is 2.14 bits per heavy atom. The van der Waals surface area contributed by atoms with Gasteiger partial charge in [-0.1, -0.05) is 19.3 Å². The van der Waals surface area contributed by atoms with Crippen molar-refractivity contribution in [1.82, 2.24) is 10.1 Å². The van der Waals surface area contributed by atoms with Crippen LogP contribution in [0.2, 0.25) is 0 Å². The van der Waals surface area contributed by atoms with E-state index in [1.165, 1.54) is 19.3 Å². The highest BCUT2D eigenvalue weighted by atomic mass is 32.1. The van der Waals surface area contributed by atoms with Gasteiger partial charge in [-0.15, -0.1) is 0 Å². The Hall–Kier alpha value is -0.680. The maximum atomic E-state index is 5.58. The summed E-state index contributed by atoms with van der Waals surface area (Å²) in [5, 5.41) is 2.75. The molecule has 0 radical (unpaired) electrons. The van der Waals surface area contributed by atoms with Gasteiger partial charge in [-0.2, -0.15) is 4.98 Å². The van der Waals surface area contributed by atoms with Gasteiger partial charge in [-0.3, -0.25) is 0 Å². The number of H-pyrrole nitrogens is 1. The van der Waals surface area contributed by atoms with E-state index in [0.717, 1.165) is 18.7 Å². The minimum Gasteiger partial charge on any atom is -0.370 e. The van der Waals surface area contributed by atoms with E-state index in [-0.39, 0.29) is 10.4 Å². The predicted molar refractivity (Wildman–Crippen MR) is 53.5 cm³/mol. The molecule has 1 fully saturated rings.